The van der Waals surface area contributed by atoms with Gasteiger partial charge in [0.1, 0.15) is 11.8 Å². The maximum atomic E-state index is 13.6. The second-order valence-corrected chi connectivity index (χ2v) is 17.5. The van der Waals surface area contributed by atoms with Gasteiger partial charge in [0.05, 0.1) is 17.7 Å². The highest BCUT2D eigenvalue weighted by Crippen LogP contribution is 2.43. The summed E-state index contributed by atoms with van der Waals surface area (Å²) >= 11 is 6.40. The first-order valence-electron chi connectivity index (χ1n) is 21.4. The monoisotopic (exact) mass is 852 g/mol. The van der Waals surface area contributed by atoms with Crippen LogP contribution < -0.4 is 14.9 Å². The van der Waals surface area contributed by atoms with Crippen LogP contribution in [-0.4, -0.2) is 102 Å². The van der Waals surface area contributed by atoms with Crippen molar-refractivity contribution < 1.29 is 33.7 Å². The molecule has 5 aliphatic heterocycles. The van der Waals surface area contributed by atoms with E-state index in [1.807, 2.05) is 42.5 Å². The fourth-order valence-corrected chi connectivity index (χ4v) is 10.2. The van der Waals surface area contributed by atoms with Crippen molar-refractivity contribution in [3.8, 4) is 5.75 Å². The molecule has 62 heavy (non-hydrogen) atoms. The Morgan fingerprint density at radius 3 is 1.97 bits per heavy atom. The Bertz CT molecular complexity index is 2380. The average molecular weight is 853 g/mol. The van der Waals surface area contributed by atoms with Crippen LogP contribution in [0.3, 0.4) is 0 Å². The van der Waals surface area contributed by atoms with Gasteiger partial charge >= 0.3 is 7.69 Å². The zero-order valence-electron chi connectivity index (χ0n) is 34.5. The number of fused-ring (bicyclic) bond motifs is 2. The van der Waals surface area contributed by atoms with E-state index in [2.05, 4.69) is 51.5 Å². The van der Waals surface area contributed by atoms with Crippen LogP contribution in [-0.2, 0) is 27.5 Å². The fourth-order valence-electron chi connectivity index (χ4n) is 10.0. The van der Waals surface area contributed by atoms with Gasteiger partial charge < -0.3 is 19.5 Å². The Balaban J connectivity index is 0.798. The van der Waals surface area contributed by atoms with Crippen LogP contribution in [0.1, 0.15) is 93.5 Å². The minimum Gasteiger partial charge on any atom is -0.537 e. The van der Waals surface area contributed by atoms with Gasteiger partial charge in [0, 0.05) is 44.2 Å². The molecule has 1 radical (unpaired) electrons. The van der Waals surface area contributed by atoms with Gasteiger partial charge in [-0.1, -0.05) is 54.6 Å². The molecule has 0 aliphatic carbocycles. The van der Waals surface area contributed by atoms with E-state index in [1.165, 1.54) is 5.69 Å². The smallest absolute Gasteiger partial charge is 0.537 e. The zero-order valence-corrected chi connectivity index (χ0v) is 35.2. The molecule has 5 heterocycles. The molecule has 3 fully saturated rings. The molecular weight excluding hydrogens is 805 g/mol. The van der Waals surface area contributed by atoms with E-state index >= 15 is 0 Å². The molecule has 0 saturated carbocycles. The number of rotatable bonds is 11. The van der Waals surface area contributed by atoms with Crippen LogP contribution >= 0.6 is 11.6 Å². The van der Waals surface area contributed by atoms with E-state index in [9.17, 15) is 24.0 Å². The number of benzene rings is 4. The number of anilines is 1. The van der Waals surface area contributed by atoms with Gasteiger partial charge in [0.2, 0.25) is 17.7 Å². The quantitative estimate of drug-likeness (QED) is 0.0830. The summed E-state index contributed by atoms with van der Waals surface area (Å²) in [5, 5.41) is 11.4. The number of allylic oxidation sites excluding steroid dienone is 1. The molecule has 14 heteroatoms. The molecule has 1 unspecified atom stereocenters. The Hall–Kier alpha value is -5.76. The van der Waals surface area contributed by atoms with E-state index in [1.54, 1.807) is 17.0 Å². The Morgan fingerprint density at radius 2 is 1.39 bits per heavy atom. The maximum absolute atomic E-state index is 13.6. The molecule has 0 aromatic heterocycles. The number of carbonyl (C=O) groups is 5. The number of halogens is 1. The highest BCUT2D eigenvalue weighted by Gasteiger charge is 2.46. The number of likely N-dealkylation sites (tertiary alicyclic amines) is 1. The third-order valence-electron chi connectivity index (χ3n) is 13.6. The van der Waals surface area contributed by atoms with Gasteiger partial charge in [0.15, 0.2) is 0 Å². The molecule has 4 aromatic carbocycles. The van der Waals surface area contributed by atoms with Gasteiger partial charge in [-0.15, -0.1) is 11.6 Å². The molecule has 5 aliphatic rings. The standard InChI is InChI=1S/C48H48BClN5O7/c50-21-16-38(31-4-2-1-3-5-31)44(33-8-12-37(13-9-33)62-49-61)32-6-10-36(11-7-32)53-24-19-48(20-25-53)17-22-52(23-18-48)30-43(57)54-28-34-26-39-40(27-35(34)29-54)47(60)55(46(39)59)41-14-15-42(56)51-45(41)58/h1-13,26-27,41,61H,14-25,28-30H2,(H,51,56,58)/b44-38+. The average Bonchev–Trinajstić information content (AvgIpc) is 3.82. The molecule has 3 saturated heterocycles. The van der Waals surface area contributed by atoms with Gasteiger partial charge in [0.25, 0.3) is 11.8 Å². The van der Waals surface area contributed by atoms with Crippen molar-refractivity contribution in [2.24, 2.45) is 5.41 Å². The number of hydrogen-bond donors (Lipinski definition) is 2. The topological polar surface area (TPSA) is 140 Å². The normalized spacial score (nSPS) is 20.2. The van der Waals surface area contributed by atoms with Gasteiger partial charge in [-0.25, -0.2) is 0 Å². The van der Waals surface area contributed by atoms with Crippen LogP contribution in [0.2, 0.25) is 0 Å². The molecular formula is C48H48BClN5O7. The molecule has 1 atom stereocenters. The van der Waals surface area contributed by atoms with Crippen molar-refractivity contribution in [1.29, 1.82) is 0 Å². The fraction of sp³-hybridized carbons (Fsp3) is 0.354. The summed E-state index contributed by atoms with van der Waals surface area (Å²) in [6.07, 6.45) is 5.16. The van der Waals surface area contributed by atoms with E-state index < -0.39 is 29.7 Å². The van der Waals surface area contributed by atoms with Crippen LogP contribution in [0.4, 0.5) is 5.69 Å². The van der Waals surface area contributed by atoms with Crippen molar-refractivity contribution >= 4 is 65.7 Å². The summed E-state index contributed by atoms with van der Waals surface area (Å²) in [5.41, 5.74) is 9.13. The van der Waals surface area contributed by atoms with E-state index in [0.717, 1.165) is 95.7 Å². The lowest BCUT2D eigenvalue weighted by Crippen LogP contribution is -2.54. The summed E-state index contributed by atoms with van der Waals surface area (Å²) < 4.78 is 5.19. The lowest BCUT2D eigenvalue weighted by Gasteiger charge is -2.47. The lowest BCUT2D eigenvalue weighted by molar-refractivity contribution is -0.136. The van der Waals surface area contributed by atoms with E-state index in [4.69, 9.17) is 21.3 Å². The van der Waals surface area contributed by atoms with Crippen molar-refractivity contribution in [3.63, 3.8) is 0 Å². The third-order valence-corrected chi connectivity index (χ3v) is 13.7. The second kappa shape index (κ2) is 17.5. The van der Waals surface area contributed by atoms with Gasteiger partial charge in [-0.3, -0.25) is 39.1 Å². The summed E-state index contributed by atoms with van der Waals surface area (Å²) in [4.78, 5) is 72.0. The minimum absolute atomic E-state index is 0.0290. The Morgan fingerprint density at radius 1 is 0.790 bits per heavy atom. The van der Waals surface area contributed by atoms with Crippen LogP contribution in [0, 0.1) is 5.41 Å². The van der Waals surface area contributed by atoms with Gasteiger partial charge in [-0.05, 0) is 132 Å². The zero-order chi connectivity index (χ0) is 43.0. The van der Waals surface area contributed by atoms with Crippen LogP contribution in [0.5, 0.6) is 5.75 Å². The minimum atomic E-state index is -1.01. The lowest BCUT2D eigenvalue weighted by atomic mass is 9.71. The van der Waals surface area contributed by atoms with Crippen molar-refractivity contribution in [3.05, 3.63) is 130 Å². The second-order valence-electron chi connectivity index (χ2n) is 17.1. The number of nitrogens with one attached hydrogen (secondary N) is 1. The Kier molecular flexibility index (Phi) is 11.8. The number of nitrogens with zero attached hydrogens (tertiary/aromatic N) is 4. The summed E-state index contributed by atoms with van der Waals surface area (Å²) in [7, 11) is 0.685. The van der Waals surface area contributed by atoms with E-state index in [-0.39, 0.29) is 35.3 Å². The molecule has 317 valence electrons. The molecule has 2 N–H and O–H groups in total. The highest BCUT2D eigenvalue weighted by atomic mass is 35.5. The SMILES string of the molecule is O=C1CCC(N2C(=O)c3cc4c(cc3C2=O)CN(C(=O)CN2CCC3(CC2)CCN(c2ccc(/C(=C(/CCCl)c5ccccc5)c5ccc(O[B]O)cc5)cc2)CC3)C4)C(=O)N1. The molecule has 0 bridgehead atoms. The first kappa shape index (κ1) is 41.6. The van der Waals surface area contributed by atoms with Crippen molar-refractivity contribution in [2.75, 3.05) is 43.5 Å². The summed E-state index contributed by atoms with van der Waals surface area (Å²) in [5.74, 6) is -1.06. The first-order valence-corrected chi connectivity index (χ1v) is 22.0. The largest absolute Gasteiger partial charge is 0.569 e. The molecule has 12 nitrogen and oxygen atoms in total. The van der Waals surface area contributed by atoms with Crippen molar-refractivity contribution in [2.45, 2.75) is 64.1 Å². The summed E-state index contributed by atoms with van der Waals surface area (Å²) in [6.45, 7) is 4.72. The predicted octanol–water partition coefficient (Wildman–Crippen LogP) is 5.81. The number of imide groups is 2. The molecule has 9 rings (SSSR count). The van der Waals surface area contributed by atoms with Crippen molar-refractivity contribution in [1.82, 2.24) is 20.0 Å². The molecule has 4 aromatic rings. The number of hydrogen-bond acceptors (Lipinski definition) is 9. The van der Waals surface area contributed by atoms with E-state index in [0.29, 0.717) is 45.4 Å². The molecule has 1 spiro atoms. The van der Waals surface area contributed by atoms with Gasteiger partial charge in [-0.2, -0.15) is 0 Å². The third kappa shape index (κ3) is 8.16. The maximum Gasteiger partial charge on any atom is 0.569 e. The van der Waals surface area contributed by atoms with Crippen LogP contribution in [0.15, 0.2) is 91.0 Å². The predicted molar refractivity (Wildman–Crippen MR) is 236 cm³/mol. The number of carbonyl (C=O) groups excluding carboxylic acids is 5. The highest BCUT2D eigenvalue weighted by molar-refractivity contribution is 6.23. The number of alkyl halides is 1. The number of amides is 5. The van der Waals surface area contributed by atoms with Crippen LogP contribution in [0.25, 0.3) is 11.1 Å². The first-order chi connectivity index (χ1) is 30.1. The molecule has 5 amide bonds. The summed E-state index contributed by atoms with van der Waals surface area (Å²) in [6, 6.07) is 29.3. The number of piperidine rings is 3. The Labute approximate surface area is 366 Å².